The Bertz CT molecular complexity index is 264. The van der Waals surface area contributed by atoms with E-state index in [1.54, 1.807) is 0 Å². The molecule has 0 aromatic carbocycles. The molecule has 0 aromatic heterocycles. The molecule has 0 spiro atoms. The van der Waals surface area contributed by atoms with Crippen LogP contribution in [0.1, 0.15) is 19.3 Å². The molecule has 0 radical (unpaired) electrons. The summed E-state index contributed by atoms with van der Waals surface area (Å²) in [6.45, 7) is 3.83. The van der Waals surface area contributed by atoms with Crippen molar-refractivity contribution in [3.05, 3.63) is 12.2 Å². The Labute approximate surface area is 82.9 Å². The molecule has 2 saturated heterocycles. The molecule has 2 aliphatic rings. The maximum absolute atomic E-state index is 10.5. The molecule has 2 N–H and O–H groups in total. The van der Waals surface area contributed by atoms with Crippen LogP contribution in [-0.2, 0) is 9.53 Å². The summed E-state index contributed by atoms with van der Waals surface area (Å²) in [5, 5.41) is 11.8. The lowest BCUT2D eigenvalue weighted by Crippen LogP contribution is -2.39. The van der Waals surface area contributed by atoms with E-state index < -0.39 is 5.97 Å². The highest BCUT2D eigenvalue weighted by molar-refractivity contribution is 5.86. The summed E-state index contributed by atoms with van der Waals surface area (Å²) in [4.78, 5) is 10.5. The Morgan fingerprint density at radius 3 is 2.86 bits per heavy atom. The van der Waals surface area contributed by atoms with E-state index in [4.69, 9.17) is 9.84 Å². The fourth-order valence-electron chi connectivity index (χ4n) is 2.18. The van der Waals surface area contributed by atoms with Crippen LogP contribution < -0.4 is 5.32 Å². The molecule has 3 atom stereocenters. The number of hydrogen-bond donors (Lipinski definition) is 2. The normalized spacial score (nSPS) is 34.7. The zero-order valence-electron chi connectivity index (χ0n) is 8.03. The van der Waals surface area contributed by atoms with E-state index in [1.165, 1.54) is 0 Å². The first-order chi connectivity index (χ1) is 6.66. The third-order valence-corrected chi connectivity index (χ3v) is 2.99. The quantitative estimate of drug-likeness (QED) is 0.646. The van der Waals surface area contributed by atoms with Crippen molar-refractivity contribution in [2.75, 3.05) is 6.54 Å². The summed E-state index contributed by atoms with van der Waals surface area (Å²) >= 11 is 0. The first-order valence-electron chi connectivity index (χ1n) is 4.96. The predicted octanol–water partition coefficient (Wildman–Crippen LogP) is 0.537. The second-order valence-electron chi connectivity index (χ2n) is 4.01. The Morgan fingerprint density at radius 1 is 1.57 bits per heavy atom. The van der Waals surface area contributed by atoms with Crippen LogP contribution in [0.15, 0.2) is 12.2 Å². The molecule has 0 aromatic rings. The van der Waals surface area contributed by atoms with Crippen molar-refractivity contribution < 1.29 is 14.6 Å². The van der Waals surface area contributed by atoms with Crippen molar-refractivity contribution >= 4 is 5.97 Å². The Kier molecular flexibility index (Phi) is 2.56. The second-order valence-corrected chi connectivity index (χ2v) is 4.01. The molecule has 2 fully saturated rings. The molecule has 3 unspecified atom stereocenters. The van der Waals surface area contributed by atoms with Crippen molar-refractivity contribution in [1.29, 1.82) is 0 Å². The largest absolute Gasteiger partial charge is 0.478 e. The number of ether oxygens (including phenoxy) is 1. The van der Waals surface area contributed by atoms with E-state index in [0.717, 1.165) is 19.3 Å². The highest BCUT2D eigenvalue weighted by atomic mass is 16.5. The van der Waals surface area contributed by atoms with E-state index >= 15 is 0 Å². The fourth-order valence-corrected chi connectivity index (χ4v) is 2.18. The van der Waals surface area contributed by atoms with Gasteiger partial charge in [-0.1, -0.05) is 6.58 Å². The van der Waals surface area contributed by atoms with Gasteiger partial charge in [-0.3, -0.25) is 0 Å². The lowest BCUT2D eigenvalue weighted by Gasteiger charge is -2.19. The van der Waals surface area contributed by atoms with Gasteiger partial charge in [0.05, 0.1) is 12.2 Å². The third-order valence-electron chi connectivity index (χ3n) is 2.99. The number of hydrogen-bond acceptors (Lipinski definition) is 3. The number of nitrogens with one attached hydrogen (secondary N) is 1. The molecular weight excluding hydrogens is 182 g/mol. The molecule has 14 heavy (non-hydrogen) atoms. The maximum atomic E-state index is 10.5. The lowest BCUT2D eigenvalue weighted by atomic mass is 9.95. The monoisotopic (exact) mass is 197 g/mol. The van der Waals surface area contributed by atoms with Gasteiger partial charge in [0.1, 0.15) is 0 Å². The van der Waals surface area contributed by atoms with Crippen LogP contribution in [0.4, 0.5) is 0 Å². The summed E-state index contributed by atoms with van der Waals surface area (Å²) in [5.41, 5.74) is 0.216. The van der Waals surface area contributed by atoms with Crippen LogP contribution in [-0.4, -0.2) is 35.9 Å². The topological polar surface area (TPSA) is 58.6 Å². The maximum Gasteiger partial charge on any atom is 0.332 e. The minimum absolute atomic E-state index is 0.216. The molecular formula is C10H15NO3. The standard InChI is InChI=1S/C10H15NO3/c1-6(10(12)13)5-11-8-4-7-2-3-9(8)14-7/h7-9,11H,1-5H2,(H,12,13). The highest BCUT2D eigenvalue weighted by Crippen LogP contribution is 2.34. The van der Waals surface area contributed by atoms with Gasteiger partial charge >= 0.3 is 5.97 Å². The van der Waals surface area contributed by atoms with Crippen LogP contribution in [0.5, 0.6) is 0 Å². The van der Waals surface area contributed by atoms with Gasteiger partial charge in [0.25, 0.3) is 0 Å². The van der Waals surface area contributed by atoms with Crippen molar-refractivity contribution in [2.45, 2.75) is 37.5 Å². The molecule has 2 heterocycles. The summed E-state index contributed by atoms with van der Waals surface area (Å²) in [5.74, 6) is -0.929. The minimum atomic E-state index is -0.929. The molecule has 2 aliphatic heterocycles. The molecule has 0 amide bonds. The predicted molar refractivity (Wildman–Crippen MR) is 51.1 cm³/mol. The molecule has 0 aliphatic carbocycles. The van der Waals surface area contributed by atoms with Crippen molar-refractivity contribution in [2.24, 2.45) is 0 Å². The fraction of sp³-hybridized carbons (Fsp3) is 0.700. The molecule has 2 bridgehead atoms. The minimum Gasteiger partial charge on any atom is -0.478 e. The Hall–Kier alpha value is -0.870. The van der Waals surface area contributed by atoms with Crippen molar-refractivity contribution in [3.63, 3.8) is 0 Å². The molecule has 0 saturated carbocycles. The Morgan fingerprint density at radius 2 is 2.36 bits per heavy atom. The summed E-state index contributed by atoms with van der Waals surface area (Å²) < 4.78 is 5.64. The highest BCUT2D eigenvalue weighted by Gasteiger charge is 2.40. The van der Waals surface area contributed by atoms with Crippen LogP contribution in [0.3, 0.4) is 0 Å². The smallest absolute Gasteiger partial charge is 0.332 e. The van der Waals surface area contributed by atoms with E-state index in [-0.39, 0.29) is 5.57 Å². The second kappa shape index (κ2) is 3.71. The zero-order chi connectivity index (χ0) is 10.1. The summed E-state index contributed by atoms with van der Waals surface area (Å²) in [6.07, 6.45) is 3.96. The van der Waals surface area contributed by atoms with Gasteiger partial charge in [0.15, 0.2) is 0 Å². The number of carbonyl (C=O) groups is 1. The van der Waals surface area contributed by atoms with Crippen LogP contribution in [0.2, 0.25) is 0 Å². The Balaban J connectivity index is 1.77. The van der Waals surface area contributed by atoms with E-state index in [2.05, 4.69) is 11.9 Å². The number of fused-ring (bicyclic) bond motifs is 2. The van der Waals surface area contributed by atoms with Gasteiger partial charge in [-0.15, -0.1) is 0 Å². The average molecular weight is 197 g/mol. The number of carboxylic acids is 1. The zero-order valence-corrected chi connectivity index (χ0v) is 8.03. The van der Waals surface area contributed by atoms with E-state index in [9.17, 15) is 4.79 Å². The average Bonchev–Trinajstić information content (AvgIpc) is 2.74. The van der Waals surface area contributed by atoms with Gasteiger partial charge in [0, 0.05) is 18.2 Å². The van der Waals surface area contributed by atoms with Crippen LogP contribution in [0, 0.1) is 0 Å². The van der Waals surface area contributed by atoms with E-state index in [1.807, 2.05) is 0 Å². The third kappa shape index (κ3) is 1.81. The molecule has 78 valence electrons. The van der Waals surface area contributed by atoms with E-state index in [0.29, 0.717) is 24.8 Å². The number of rotatable bonds is 4. The first kappa shape index (κ1) is 9.68. The summed E-state index contributed by atoms with van der Waals surface area (Å²) in [6, 6.07) is 0.324. The van der Waals surface area contributed by atoms with Crippen LogP contribution in [0.25, 0.3) is 0 Å². The number of aliphatic carboxylic acids is 1. The first-order valence-corrected chi connectivity index (χ1v) is 4.96. The van der Waals surface area contributed by atoms with Gasteiger partial charge < -0.3 is 15.2 Å². The SMILES string of the molecule is C=C(CNC1CC2CCC1O2)C(=O)O. The van der Waals surface area contributed by atoms with Gasteiger partial charge in [0.2, 0.25) is 0 Å². The molecule has 2 rings (SSSR count). The lowest BCUT2D eigenvalue weighted by molar-refractivity contribution is -0.132. The molecule has 4 nitrogen and oxygen atoms in total. The molecule has 4 heteroatoms. The van der Waals surface area contributed by atoms with Gasteiger partial charge in [-0.2, -0.15) is 0 Å². The summed E-state index contributed by atoms with van der Waals surface area (Å²) in [7, 11) is 0. The van der Waals surface area contributed by atoms with Crippen molar-refractivity contribution in [3.8, 4) is 0 Å². The van der Waals surface area contributed by atoms with Crippen molar-refractivity contribution in [1.82, 2.24) is 5.32 Å². The number of carboxylic acid groups (broad SMARTS) is 1. The van der Waals surface area contributed by atoms with Gasteiger partial charge in [-0.25, -0.2) is 4.79 Å². The van der Waals surface area contributed by atoms with Gasteiger partial charge in [-0.05, 0) is 19.3 Å². The van der Waals surface area contributed by atoms with Crippen LogP contribution >= 0.6 is 0 Å².